The highest BCUT2D eigenvalue weighted by Crippen LogP contribution is 2.18. The predicted octanol–water partition coefficient (Wildman–Crippen LogP) is 2.41. The molecule has 1 aliphatic heterocycles. The molecule has 1 aliphatic rings. The van der Waals surface area contributed by atoms with Crippen LogP contribution in [-0.4, -0.2) is 19.3 Å². The highest BCUT2D eigenvalue weighted by molar-refractivity contribution is 5.31. The van der Waals surface area contributed by atoms with Gasteiger partial charge in [-0.2, -0.15) is 0 Å². The molecule has 13 heavy (non-hydrogen) atoms. The summed E-state index contributed by atoms with van der Waals surface area (Å²) in [5.74, 6) is 0.966. The van der Waals surface area contributed by atoms with Crippen LogP contribution < -0.4 is 4.74 Å². The Kier molecular flexibility index (Phi) is 3.32. The molecule has 0 N–H and O–H groups in total. The van der Waals surface area contributed by atoms with E-state index in [1.165, 1.54) is 5.56 Å². The molecule has 2 nitrogen and oxygen atoms in total. The molecule has 0 aromatic heterocycles. The van der Waals surface area contributed by atoms with Crippen LogP contribution in [0.1, 0.15) is 13.0 Å². The Morgan fingerprint density at radius 2 is 2.15 bits per heavy atom. The fourth-order valence-corrected chi connectivity index (χ4v) is 1.07. The third-order valence-electron chi connectivity index (χ3n) is 1.92. The van der Waals surface area contributed by atoms with Gasteiger partial charge in [0.05, 0.1) is 6.61 Å². The Bertz CT molecular complexity index is 267. The van der Waals surface area contributed by atoms with E-state index in [0.29, 0.717) is 12.7 Å². The van der Waals surface area contributed by atoms with Crippen molar-refractivity contribution in [3.8, 4) is 5.75 Å². The van der Waals surface area contributed by atoms with E-state index >= 15 is 0 Å². The van der Waals surface area contributed by atoms with Crippen molar-refractivity contribution in [3.05, 3.63) is 29.8 Å². The fourth-order valence-electron chi connectivity index (χ4n) is 1.07. The third kappa shape index (κ3) is 2.74. The minimum Gasteiger partial charge on any atom is -0.491 e. The second-order valence-corrected chi connectivity index (χ2v) is 3.03. The maximum Gasteiger partial charge on any atom is 0.122 e. The second kappa shape index (κ2) is 4.28. The lowest BCUT2D eigenvalue weighted by molar-refractivity contribution is 0.262. The number of epoxide rings is 1. The van der Waals surface area contributed by atoms with Crippen LogP contribution in [0.5, 0.6) is 5.75 Å². The van der Waals surface area contributed by atoms with Crippen LogP contribution >= 0.6 is 0 Å². The average molecular weight is 180 g/mol. The Morgan fingerprint density at radius 1 is 1.46 bits per heavy atom. The monoisotopic (exact) mass is 180 g/mol. The van der Waals surface area contributed by atoms with Gasteiger partial charge in [-0.05, 0) is 18.6 Å². The van der Waals surface area contributed by atoms with Crippen molar-refractivity contribution in [2.75, 3.05) is 13.2 Å². The summed E-state index contributed by atoms with van der Waals surface area (Å²) in [7, 11) is 0. The highest BCUT2D eigenvalue weighted by Gasteiger charge is 2.23. The summed E-state index contributed by atoms with van der Waals surface area (Å²) in [6, 6.07) is 8.02. The van der Waals surface area contributed by atoms with Gasteiger partial charge in [-0.15, -0.1) is 0 Å². The van der Waals surface area contributed by atoms with Crippen LogP contribution in [0.3, 0.4) is 0 Å². The molecule has 1 aromatic rings. The first-order valence-corrected chi connectivity index (χ1v) is 4.16. The van der Waals surface area contributed by atoms with Crippen LogP contribution in [0.2, 0.25) is 0 Å². The minimum absolute atomic E-state index is 0. The van der Waals surface area contributed by atoms with Gasteiger partial charge in [0.2, 0.25) is 0 Å². The standard InChI is InChI=1S/C10H12O2.CH4/c1-8-4-2-3-5-10(8)12-7-9-6-11-9;/h2-5,9H,6-7H2,1H3;1H4. The van der Waals surface area contributed by atoms with Crippen molar-refractivity contribution in [1.82, 2.24) is 0 Å². The van der Waals surface area contributed by atoms with Crippen LogP contribution in [-0.2, 0) is 4.74 Å². The van der Waals surface area contributed by atoms with Crippen LogP contribution in [0.15, 0.2) is 24.3 Å². The zero-order valence-corrected chi connectivity index (χ0v) is 7.12. The normalized spacial score (nSPS) is 19.0. The van der Waals surface area contributed by atoms with E-state index in [0.717, 1.165) is 12.4 Å². The van der Waals surface area contributed by atoms with Crippen LogP contribution in [0.25, 0.3) is 0 Å². The number of ether oxygens (including phenoxy) is 2. The van der Waals surface area contributed by atoms with Gasteiger partial charge < -0.3 is 9.47 Å². The van der Waals surface area contributed by atoms with E-state index in [4.69, 9.17) is 9.47 Å². The van der Waals surface area contributed by atoms with E-state index in [1.54, 1.807) is 0 Å². The van der Waals surface area contributed by atoms with E-state index in [2.05, 4.69) is 0 Å². The molecule has 1 saturated heterocycles. The molecular formula is C11H16O2. The lowest BCUT2D eigenvalue weighted by Crippen LogP contribution is -2.04. The average Bonchev–Trinajstić information content (AvgIpc) is 2.86. The first-order valence-electron chi connectivity index (χ1n) is 4.16. The predicted molar refractivity (Wildman–Crippen MR) is 53.1 cm³/mol. The number of para-hydroxylation sites is 1. The Labute approximate surface area is 79.5 Å². The number of hydrogen-bond donors (Lipinski definition) is 0. The molecule has 0 bridgehead atoms. The van der Waals surface area contributed by atoms with Crippen molar-refractivity contribution >= 4 is 0 Å². The Morgan fingerprint density at radius 3 is 2.77 bits per heavy atom. The summed E-state index contributed by atoms with van der Waals surface area (Å²) in [5, 5.41) is 0. The van der Waals surface area contributed by atoms with Crippen molar-refractivity contribution < 1.29 is 9.47 Å². The molecule has 1 heterocycles. The summed E-state index contributed by atoms with van der Waals surface area (Å²) >= 11 is 0. The zero-order valence-electron chi connectivity index (χ0n) is 7.12. The number of rotatable bonds is 3. The van der Waals surface area contributed by atoms with Crippen molar-refractivity contribution in [2.45, 2.75) is 20.5 Å². The first-order chi connectivity index (χ1) is 5.86. The molecular weight excluding hydrogens is 164 g/mol. The SMILES string of the molecule is C.Cc1ccccc1OCC1CO1. The number of aryl methyl sites for hydroxylation is 1. The van der Waals surface area contributed by atoms with Gasteiger partial charge in [0.1, 0.15) is 18.5 Å². The van der Waals surface area contributed by atoms with Gasteiger partial charge in [0.15, 0.2) is 0 Å². The molecule has 1 aromatic carbocycles. The summed E-state index contributed by atoms with van der Waals surface area (Å²) in [6.07, 6.45) is 0.338. The van der Waals surface area contributed by atoms with Gasteiger partial charge in [0.25, 0.3) is 0 Å². The highest BCUT2D eigenvalue weighted by atomic mass is 16.6. The molecule has 0 spiro atoms. The maximum atomic E-state index is 5.54. The first kappa shape index (κ1) is 10.1. The van der Waals surface area contributed by atoms with E-state index in [1.807, 2.05) is 31.2 Å². The zero-order chi connectivity index (χ0) is 8.39. The Hall–Kier alpha value is -1.02. The van der Waals surface area contributed by atoms with Crippen molar-refractivity contribution in [1.29, 1.82) is 0 Å². The van der Waals surface area contributed by atoms with Crippen LogP contribution in [0, 0.1) is 6.92 Å². The van der Waals surface area contributed by atoms with Crippen molar-refractivity contribution in [3.63, 3.8) is 0 Å². The maximum absolute atomic E-state index is 5.54. The molecule has 1 unspecified atom stereocenters. The molecule has 0 aliphatic carbocycles. The summed E-state index contributed by atoms with van der Waals surface area (Å²) < 4.78 is 10.6. The summed E-state index contributed by atoms with van der Waals surface area (Å²) in [6.45, 7) is 3.58. The quantitative estimate of drug-likeness (QED) is 0.666. The minimum atomic E-state index is 0. The largest absolute Gasteiger partial charge is 0.491 e. The lowest BCUT2D eigenvalue weighted by atomic mass is 10.2. The molecule has 0 saturated carbocycles. The lowest BCUT2D eigenvalue weighted by Gasteiger charge is -2.06. The van der Waals surface area contributed by atoms with Gasteiger partial charge in [-0.1, -0.05) is 25.6 Å². The molecule has 72 valence electrons. The molecule has 0 radical (unpaired) electrons. The van der Waals surface area contributed by atoms with Gasteiger partial charge in [0, 0.05) is 0 Å². The molecule has 2 rings (SSSR count). The fraction of sp³-hybridized carbons (Fsp3) is 0.455. The Balaban J connectivity index is 0.000000845. The van der Waals surface area contributed by atoms with E-state index in [9.17, 15) is 0 Å². The molecule has 2 heteroatoms. The van der Waals surface area contributed by atoms with E-state index in [-0.39, 0.29) is 7.43 Å². The number of benzene rings is 1. The van der Waals surface area contributed by atoms with Crippen LogP contribution in [0.4, 0.5) is 0 Å². The molecule has 1 fully saturated rings. The molecule has 0 amide bonds. The third-order valence-corrected chi connectivity index (χ3v) is 1.92. The topological polar surface area (TPSA) is 21.8 Å². The van der Waals surface area contributed by atoms with E-state index < -0.39 is 0 Å². The smallest absolute Gasteiger partial charge is 0.122 e. The summed E-state index contributed by atoms with van der Waals surface area (Å²) in [4.78, 5) is 0. The van der Waals surface area contributed by atoms with Gasteiger partial charge in [-0.3, -0.25) is 0 Å². The van der Waals surface area contributed by atoms with Gasteiger partial charge in [-0.25, -0.2) is 0 Å². The molecule has 1 atom stereocenters. The van der Waals surface area contributed by atoms with Gasteiger partial charge >= 0.3 is 0 Å². The van der Waals surface area contributed by atoms with Crippen molar-refractivity contribution in [2.24, 2.45) is 0 Å². The summed E-state index contributed by atoms with van der Waals surface area (Å²) in [5.41, 5.74) is 1.18. The number of hydrogen-bond acceptors (Lipinski definition) is 2. The second-order valence-electron chi connectivity index (χ2n) is 3.03.